The van der Waals surface area contributed by atoms with Crippen LogP contribution in [-0.2, 0) is 24.1 Å². The fraction of sp³-hybridized carbons (Fsp3) is 0.800. The first kappa shape index (κ1) is 20.7. The number of aliphatic imine (C=N–C) groups is 1. The number of ether oxygens (including phenoxy) is 1. The number of hydrogen-bond acceptors (Lipinski definition) is 4. The summed E-state index contributed by atoms with van der Waals surface area (Å²) in [5, 5.41) is 11.1. The number of guanidine groups is 1. The molecule has 6 heteroatoms. The van der Waals surface area contributed by atoms with E-state index in [4.69, 9.17) is 9.26 Å². The molecular formula is C20H36N4O2. The summed E-state index contributed by atoms with van der Waals surface area (Å²) >= 11 is 0. The zero-order valence-electron chi connectivity index (χ0n) is 17.3. The van der Waals surface area contributed by atoms with Crippen molar-refractivity contribution in [2.75, 3.05) is 20.2 Å². The molecule has 0 radical (unpaired) electrons. The van der Waals surface area contributed by atoms with Crippen LogP contribution in [0.4, 0.5) is 0 Å². The van der Waals surface area contributed by atoms with Crippen LogP contribution in [0.3, 0.4) is 0 Å². The molecule has 0 aromatic carbocycles. The lowest BCUT2D eigenvalue weighted by molar-refractivity contribution is -0.0835. The fourth-order valence-electron chi connectivity index (χ4n) is 3.77. The normalized spacial score (nSPS) is 21.7. The van der Waals surface area contributed by atoms with Gasteiger partial charge >= 0.3 is 0 Å². The molecule has 148 valence electrons. The van der Waals surface area contributed by atoms with Gasteiger partial charge in [-0.15, -0.1) is 0 Å². The Bertz CT molecular complexity index is 568. The first-order chi connectivity index (χ1) is 12.4. The van der Waals surface area contributed by atoms with E-state index in [1.807, 2.05) is 7.05 Å². The Kier molecular flexibility index (Phi) is 7.50. The van der Waals surface area contributed by atoms with E-state index in [0.717, 1.165) is 55.4 Å². The van der Waals surface area contributed by atoms with Gasteiger partial charge in [0.2, 0.25) is 0 Å². The molecule has 2 unspecified atom stereocenters. The third kappa shape index (κ3) is 5.22. The highest BCUT2D eigenvalue weighted by Gasteiger charge is 2.35. The van der Waals surface area contributed by atoms with Crippen molar-refractivity contribution < 1.29 is 9.26 Å². The van der Waals surface area contributed by atoms with Crippen molar-refractivity contribution in [1.29, 1.82) is 0 Å². The van der Waals surface area contributed by atoms with Crippen LogP contribution in [0.1, 0.15) is 64.5 Å². The van der Waals surface area contributed by atoms with Gasteiger partial charge in [-0.2, -0.15) is 0 Å². The lowest BCUT2D eigenvalue weighted by atomic mass is 9.78. The third-order valence-corrected chi connectivity index (χ3v) is 5.09. The van der Waals surface area contributed by atoms with Crippen molar-refractivity contribution in [3.05, 3.63) is 17.0 Å². The molecule has 0 saturated carbocycles. The van der Waals surface area contributed by atoms with Crippen LogP contribution in [0.25, 0.3) is 0 Å². The van der Waals surface area contributed by atoms with Crippen LogP contribution in [0.15, 0.2) is 9.52 Å². The average molecular weight is 365 g/mol. The van der Waals surface area contributed by atoms with E-state index in [1.165, 1.54) is 6.42 Å². The molecule has 0 aliphatic carbocycles. The fourth-order valence-corrected chi connectivity index (χ4v) is 3.77. The molecule has 26 heavy (non-hydrogen) atoms. The van der Waals surface area contributed by atoms with Crippen LogP contribution < -0.4 is 10.6 Å². The molecule has 1 aromatic heterocycles. The average Bonchev–Trinajstić information content (AvgIpc) is 3.03. The Morgan fingerprint density at radius 2 is 2.00 bits per heavy atom. The quantitative estimate of drug-likeness (QED) is 0.598. The van der Waals surface area contributed by atoms with Crippen molar-refractivity contribution in [1.82, 2.24) is 15.8 Å². The highest BCUT2D eigenvalue weighted by molar-refractivity contribution is 5.79. The lowest BCUT2D eigenvalue weighted by Gasteiger charge is -2.40. The molecule has 1 aromatic rings. The monoisotopic (exact) mass is 364 g/mol. The Hall–Kier alpha value is -1.56. The summed E-state index contributed by atoms with van der Waals surface area (Å²) < 4.78 is 11.5. The molecule has 0 amide bonds. The van der Waals surface area contributed by atoms with Crippen molar-refractivity contribution in [3.63, 3.8) is 0 Å². The Balaban J connectivity index is 1.93. The van der Waals surface area contributed by atoms with Gasteiger partial charge < -0.3 is 19.9 Å². The molecule has 1 fully saturated rings. The number of nitrogens with zero attached hydrogens (tertiary/aromatic N) is 2. The molecule has 1 aliphatic rings. The van der Waals surface area contributed by atoms with Gasteiger partial charge in [0, 0.05) is 44.6 Å². The van der Waals surface area contributed by atoms with Gasteiger partial charge in [0.05, 0.1) is 11.8 Å². The Labute approximate surface area is 158 Å². The molecule has 0 spiro atoms. The molecule has 2 N–H and O–H groups in total. The molecule has 2 atom stereocenters. The summed E-state index contributed by atoms with van der Waals surface area (Å²) in [6, 6.07) is 0. The van der Waals surface area contributed by atoms with Crippen LogP contribution >= 0.6 is 0 Å². The SMILES string of the molecule is CCc1noc(CC)c1CNC(=NC)NCC1CCCOC1C(C)(C)C. The van der Waals surface area contributed by atoms with Gasteiger partial charge in [-0.3, -0.25) is 4.99 Å². The topological polar surface area (TPSA) is 71.7 Å². The van der Waals surface area contributed by atoms with Crippen LogP contribution in [0.5, 0.6) is 0 Å². The second-order valence-corrected chi connectivity index (χ2v) is 8.10. The van der Waals surface area contributed by atoms with Gasteiger partial charge in [-0.05, 0) is 24.7 Å². The number of hydrogen-bond donors (Lipinski definition) is 2. The van der Waals surface area contributed by atoms with Gasteiger partial charge in [-0.1, -0.05) is 39.8 Å². The summed E-state index contributed by atoms with van der Waals surface area (Å²) in [5.41, 5.74) is 2.34. The first-order valence-electron chi connectivity index (χ1n) is 9.93. The maximum Gasteiger partial charge on any atom is 0.191 e. The minimum atomic E-state index is 0.151. The summed E-state index contributed by atoms with van der Waals surface area (Å²) in [6.45, 7) is 13.4. The van der Waals surface area contributed by atoms with Crippen LogP contribution in [0, 0.1) is 11.3 Å². The van der Waals surface area contributed by atoms with Crippen LogP contribution in [-0.4, -0.2) is 37.4 Å². The highest BCUT2D eigenvalue weighted by Crippen LogP contribution is 2.33. The van der Waals surface area contributed by atoms with Gasteiger partial charge in [0.25, 0.3) is 0 Å². The zero-order chi connectivity index (χ0) is 19.2. The van der Waals surface area contributed by atoms with E-state index in [0.29, 0.717) is 12.5 Å². The third-order valence-electron chi connectivity index (χ3n) is 5.09. The van der Waals surface area contributed by atoms with Gasteiger partial charge in [0.15, 0.2) is 5.96 Å². The molecule has 6 nitrogen and oxygen atoms in total. The minimum absolute atomic E-state index is 0.151. The summed E-state index contributed by atoms with van der Waals surface area (Å²) in [6.07, 6.45) is 4.32. The van der Waals surface area contributed by atoms with Gasteiger partial charge in [-0.25, -0.2) is 0 Å². The molecule has 2 rings (SSSR count). The zero-order valence-corrected chi connectivity index (χ0v) is 17.3. The Morgan fingerprint density at radius 3 is 2.62 bits per heavy atom. The number of aryl methyl sites for hydroxylation is 2. The van der Waals surface area contributed by atoms with Crippen LogP contribution in [0.2, 0.25) is 0 Å². The minimum Gasteiger partial charge on any atom is -0.377 e. The van der Waals surface area contributed by atoms with Crippen molar-refractivity contribution in [2.45, 2.75) is 73.0 Å². The van der Waals surface area contributed by atoms with Crippen molar-refractivity contribution in [2.24, 2.45) is 16.3 Å². The smallest absolute Gasteiger partial charge is 0.191 e. The number of aromatic nitrogens is 1. The molecule has 1 saturated heterocycles. The summed E-state index contributed by atoms with van der Waals surface area (Å²) in [4.78, 5) is 4.37. The van der Waals surface area contributed by atoms with E-state index >= 15 is 0 Å². The largest absolute Gasteiger partial charge is 0.377 e. The van der Waals surface area contributed by atoms with E-state index in [9.17, 15) is 0 Å². The second kappa shape index (κ2) is 9.40. The summed E-state index contributed by atoms with van der Waals surface area (Å²) in [7, 11) is 1.81. The first-order valence-corrected chi connectivity index (χ1v) is 9.93. The van der Waals surface area contributed by atoms with E-state index < -0.39 is 0 Å². The van der Waals surface area contributed by atoms with Gasteiger partial charge in [0.1, 0.15) is 5.76 Å². The van der Waals surface area contributed by atoms with E-state index in [2.05, 4.69) is 55.4 Å². The molecule has 0 bridgehead atoms. The maximum atomic E-state index is 6.08. The van der Waals surface area contributed by atoms with Crippen molar-refractivity contribution in [3.8, 4) is 0 Å². The van der Waals surface area contributed by atoms with E-state index in [-0.39, 0.29) is 11.5 Å². The molecule has 2 heterocycles. The molecule has 1 aliphatic heterocycles. The standard InChI is InChI=1S/C20H36N4O2/c1-7-16-15(17(8-2)26-24-16)13-23-19(21-6)22-12-14-10-9-11-25-18(14)20(3,4)5/h14,18H,7-13H2,1-6H3,(H2,21,22,23). The maximum absolute atomic E-state index is 6.08. The summed E-state index contributed by atoms with van der Waals surface area (Å²) in [5.74, 6) is 2.27. The Morgan fingerprint density at radius 1 is 1.23 bits per heavy atom. The second-order valence-electron chi connectivity index (χ2n) is 8.10. The predicted molar refractivity (Wildman–Crippen MR) is 105 cm³/mol. The van der Waals surface area contributed by atoms with Crippen molar-refractivity contribution >= 4 is 5.96 Å². The highest BCUT2D eigenvalue weighted by atomic mass is 16.5. The van der Waals surface area contributed by atoms with E-state index in [1.54, 1.807) is 0 Å². The predicted octanol–water partition coefficient (Wildman–Crippen LogP) is 3.31. The lowest BCUT2D eigenvalue weighted by Crippen LogP contribution is -2.47. The molecular weight excluding hydrogens is 328 g/mol. The number of nitrogens with one attached hydrogen (secondary N) is 2. The number of rotatable bonds is 6.